The summed E-state index contributed by atoms with van der Waals surface area (Å²) in [5.41, 5.74) is 1.20. The van der Waals surface area contributed by atoms with Crippen LogP contribution in [0.3, 0.4) is 0 Å². The van der Waals surface area contributed by atoms with Gasteiger partial charge >= 0.3 is 0 Å². The van der Waals surface area contributed by atoms with Gasteiger partial charge in [0.05, 0.1) is 30.9 Å². The van der Waals surface area contributed by atoms with Crippen molar-refractivity contribution >= 4 is 23.2 Å². The molecule has 0 saturated heterocycles. The molecule has 1 aliphatic heterocycles. The lowest BCUT2D eigenvalue weighted by molar-refractivity contribution is -0.122. The van der Waals surface area contributed by atoms with Crippen LogP contribution >= 0.6 is 11.3 Å². The van der Waals surface area contributed by atoms with Gasteiger partial charge in [-0.05, 0) is 23.9 Å². The summed E-state index contributed by atoms with van der Waals surface area (Å²) in [6, 6.07) is 5.73. The van der Waals surface area contributed by atoms with E-state index in [4.69, 9.17) is 0 Å². The number of amides is 2. The molecule has 144 valence electrons. The van der Waals surface area contributed by atoms with Gasteiger partial charge in [-0.1, -0.05) is 6.07 Å². The summed E-state index contributed by atoms with van der Waals surface area (Å²) in [5, 5.41) is 9.35. The Morgan fingerprint density at radius 3 is 2.96 bits per heavy atom. The van der Waals surface area contributed by atoms with Gasteiger partial charge in [-0.15, -0.1) is 11.3 Å². The molecule has 9 heteroatoms. The lowest BCUT2D eigenvalue weighted by Crippen LogP contribution is -2.43. The topological polar surface area (TPSA) is 93.0 Å². The highest BCUT2D eigenvalue weighted by Crippen LogP contribution is 2.24. The molecule has 0 bridgehead atoms. The summed E-state index contributed by atoms with van der Waals surface area (Å²) in [5.74, 6) is -0.236. The fourth-order valence-corrected chi connectivity index (χ4v) is 4.04. The maximum atomic E-state index is 12.8. The molecule has 1 N–H and O–H groups in total. The summed E-state index contributed by atoms with van der Waals surface area (Å²) in [7, 11) is 0. The molecule has 0 saturated carbocycles. The number of carbonyl (C=O) groups is 2. The van der Waals surface area contributed by atoms with Crippen molar-refractivity contribution in [3.8, 4) is 0 Å². The van der Waals surface area contributed by atoms with Gasteiger partial charge in [0.25, 0.3) is 5.91 Å². The van der Waals surface area contributed by atoms with E-state index in [-0.39, 0.29) is 24.3 Å². The molecule has 3 aromatic rings. The van der Waals surface area contributed by atoms with Crippen LogP contribution in [0.15, 0.2) is 48.4 Å². The summed E-state index contributed by atoms with van der Waals surface area (Å²) in [6.07, 6.45) is 7.28. The van der Waals surface area contributed by atoms with E-state index in [0.717, 1.165) is 12.1 Å². The number of thiophene rings is 1. The predicted molar refractivity (Wildman–Crippen MR) is 104 cm³/mol. The van der Waals surface area contributed by atoms with E-state index < -0.39 is 0 Å². The van der Waals surface area contributed by atoms with Crippen LogP contribution in [-0.4, -0.2) is 49.6 Å². The molecule has 0 fully saturated rings. The fourth-order valence-electron chi connectivity index (χ4n) is 3.33. The van der Waals surface area contributed by atoms with Crippen molar-refractivity contribution in [3.63, 3.8) is 0 Å². The van der Waals surface area contributed by atoms with Gasteiger partial charge in [0.1, 0.15) is 5.69 Å². The first kappa shape index (κ1) is 18.3. The van der Waals surface area contributed by atoms with Gasteiger partial charge in [0.15, 0.2) is 0 Å². The number of rotatable bonds is 6. The zero-order valence-electron chi connectivity index (χ0n) is 15.2. The quantitative estimate of drug-likeness (QED) is 0.684. The summed E-state index contributed by atoms with van der Waals surface area (Å²) < 4.78 is 1.85. The second-order valence-corrected chi connectivity index (χ2v) is 7.61. The molecule has 8 nitrogen and oxygen atoms in total. The maximum absolute atomic E-state index is 12.8. The fraction of sp³-hybridized carbons (Fsp3) is 0.316. The van der Waals surface area contributed by atoms with Crippen molar-refractivity contribution in [1.29, 1.82) is 0 Å². The van der Waals surface area contributed by atoms with Gasteiger partial charge in [-0.3, -0.25) is 19.3 Å². The summed E-state index contributed by atoms with van der Waals surface area (Å²) >= 11 is 1.68. The average Bonchev–Trinajstić information content (AvgIpc) is 3.40. The molecule has 28 heavy (non-hydrogen) atoms. The van der Waals surface area contributed by atoms with E-state index in [9.17, 15) is 9.59 Å². The molecule has 1 aliphatic rings. The highest BCUT2D eigenvalue weighted by Gasteiger charge is 2.30. The smallest absolute Gasteiger partial charge is 0.274 e. The van der Waals surface area contributed by atoms with Gasteiger partial charge in [0, 0.05) is 36.6 Å². The number of fused-ring (bicyclic) bond motifs is 1. The first-order chi connectivity index (χ1) is 13.7. The lowest BCUT2D eigenvalue weighted by Gasteiger charge is -2.33. The number of nitrogens with zero attached hydrogens (tertiary/aromatic N) is 5. The molecule has 1 atom stereocenters. The van der Waals surface area contributed by atoms with Crippen LogP contribution in [0.1, 0.15) is 33.5 Å². The molecule has 0 aromatic carbocycles. The van der Waals surface area contributed by atoms with Crippen LogP contribution in [0, 0.1) is 0 Å². The molecule has 0 spiro atoms. The first-order valence-corrected chi connectivity index (χ1v) is 9.95. The van der Waals surface area contributed by atoms with Crippen molar-refractivity contribution in [1.82, 2.24) is 30.0 Å². The molecular weight excluding hydrogens is 376 g/mol. The minimum atomic E-state index is -0.207. The van der Waals surface area contributed by atoms with E-state index in [1.54, 1.807) is 22.4 Å². The van der Waals surface area contributed by atoms with Crippen LogP contribution in [0.4, 0.5) is 0 Å². The maximum Gasteiger partial charge on any atom is 0.274 e. The summed E-state index contributed by atoms with van der Waals surface area (Å²) in [4.78, 5) is 36.2. The first-order valence-electron chi connectivity index (χ1n) is 9.07. The van der Waals surface area contributed by atoms with Gasteiger partial charge < -0.3 is 10.2 Å². The Hall–Kier alpha value is -3.07. The third kappa shape index (κ3) is 4.09. The van der Waals surface area contributed by atoms with Gasteiger partial charge in [0.2, 0.25) is 5.91 Å². The van der Waals surface area contributed by atoms with Crippen molar-refractivity contribution in [2.24, 2.45) is 0 Å². The minimum absolute atomic E-state index is 0.0446. The molecule has 0 aliphatic carbocycles. The number of aromatic nitrogens is 4. The monoisotopic (exact) mass is 396 g/mol. The van der Waals surface area contributed by atoms with Crippen molar-refractivity contribution < 1.29 is 9.59 Å². The number of hydrogen-bond acceptors (Lipinski definition) is 6. The van der Waals surface area contributed by atoms with E-state index in [1.165, 1.54) is 23.5 Å². The van der Waals surface area contributed by atoms with Crippen LogP contribution in [0.2, 0.25) is 0 Å². The Kier molecular flexibility index (Phi) is 5.43. The van der Waals surface area contributed by atoms with Crippen molar-refractivity contribution in [3.05, 3.63) is 64.6 Å². The normalized spacial score (nSPS) is 15.9. The van der Waals surface area contributed by atoms with Crippen LogP contribution in [-0.2, 0) is 17.8 Å². The van der Waals surface area contributed by atoms with E-state index in [1.807, 2.05) is 22.2 Å². The largest absolute Gasteiger partial charge is 0.356 e. The molecule has 0 radical (unpaired) electrons. The Bertz CT molecular complexity index is 941. The third-order valence-corrected chi connectivity index (χ3v) is 5.58. The van der Waals surface area contributed by atoms with Crippen LogP contribution in [0.25, 0.3) is 0 Å². The van der Waals surface area contributed by atoms with Crippen LogP contribution < -0.4 is 5.32 Å². The Balaban J connectivity index is 1.40. The van der Waals surface area contributed by atoms with E-state index in [0.29, 0.717) is 25.3 Å². The number of carbonyl (C=O) groups excluding carboxylic acids is 2. The molecule has 0 unspecified atom stereocenters. The molecule has 4 heterocycles. The Morgan fingerprint density at radius 1 is 1.25 bits per heavy atom. The zero-order valence-corrected chi connectivity index (χ0v) is 16.0. The van der Waals surface area contributed by atoms with Gasteiger partial charge in [-0.25, -0.2) is 4.98 Å². The average molecular weight is 396 g/mol. The second-order valence-electron chi connectivity index (χ2n) is 6.58. The standard InChI is InChI=1S/C19H20N6O2S/c26-18(22-5-4-16-2-1-9-28-16)10-15-13-24(12-14-3-6-23-25(14)15)19(27)17-11-20-7-8-21-17/h1-3,6-9,11,15H,4-5,10,12-13H2,(H,22,26)/t15-/m1/s1. The predicted octanol–water partition coefficient (Wildman–Crippen LogP) is 1.68. The van der Waals surface area contributed by atoms with E-state index >= 15 is 0 Å². The molecule has 3 aromatic heterocycles. The zero-order chi connectivity index (χ0) is 19.3. The van der Waals surface area contributed by atoms with Crippen molar-refractivity contribution in [2.75, 3.05) is 13.1 Å². The minimum Gasteiger partial charge on any atom is -0.356 e. The SMILES string of the molecule is O=C(C[C@@H]1CN(C(=O)c2cnccn2)Cc2ccnn21)NCCc1cccs1. The second kappa shape index (κ2) is 8.30. The molecule has 2 amide bonds. The van der Waals surface area contributed by atoms with Crippen molar-refractivity contribution in [2.45, 2.75) is 25.4 Å². The highest BCUT2D eigenvalue weighted by molar-refractivity contribution is 7.09. The highest BCUT2D eigenvalue weighted by atomic mass is 32.1. The molecule has 4 rings (SSSR count). The Morgan fingerprint density at radius 2 is 2.18 bits per heavy atom. The number of nitrogens with one attached hydrogen (secondary N) is 1. The Labute approximate surface area is 166 Å². The van der Waals surface area contributed by atoms with E-state index in [2.05, 4.69) is 26.4 Å². The third-order valence-electron chi connectivity index (χ3n) is 4.65. The van der Waals surface area contributed by atoms with Gasteiger partial charge in [-0.2, -0.15) is 5.10 Å². The molecular formula is C19H20N6O2S. The van der Waals surface area contributed by atoms with Crippen LogP contribution in [0.5, 0.6) is 0 Å². The number of hydrogen-bond donors (Lipinski definition) is 1. The summed E-state index contributed by atoms with van der Waals surface area (Å²) in [6.45, 7) is 1.44. The lowest BCUT2D eigenvalue weighted by atomic mass is 10.1.